The lowest BCUT2D eigenvalue weighted by Crippen LogP contribution is -2.50. The van der Waals surface area contributed by atoms with Gasteiger partial charge in [0.25, 0.3) is 0 Å². The number of nitrogens with zero attached hydrogens (tertiary/aromatic N) is 1. The molecule has 2 aliphatic heterocycles. The van der Waals surface area contributed by atoms with Crippen molar-refractivity contribution in [1.29, 1.82) is 0 Å². The van der Waals surface area contributed by atoms with Gasteiger partial charge in [0, 0.05) is 12.6 Å². The van der Waals surface area contributed by atoms with Crippen molar-refractivity contribution >= 4 is 5.91 Å². The van der Waals surface area contributed by atoms with Crippen molar-refractivity contribution in [1.82, 2.24) is 15.5 Å². The van der Waals surface area contributed by atoms with Crippen LogP contribution in [0.5, 0.6) is 0 Å². The van der Waals surface area contributed by atoms with E-state index < -0.39 is 0 Å². The molecule has 1 atom stereocenters. The van der Waals surface area contributed by atoms with Crippen LogP contribution in [0.25, 0.3) is 0 Å². The Hall–Kier alpha value is -0.650. The molecule has 5 heteroatoms. The van der Waals surface area contributed by atoms with Crippen molar-refractivity contribution in [2.75, 3.05) is 32.7 Å². The van der Waals surface area contributed by atoms with E-state index >= 15 is 0 Å². The molecule has 4 N–H and O–H groups in total. The highest BCUT2D eigenvalue weighted by Gasteiger charge is 2.35. The van der Waals surface area contributed by atoms with E-state index in [1.54, 1.807) is 0 Å². The zero-order valence-corrected chi connectivity index (χ0v) is 11.2. The molecule has 0 aromatic rings. The van der Waals surface area contributed by atoms with E-state index in [1.165, 1.54) is 12.8 Å². The molecule has 18 heavy (non-hydrogen) atoms. The first-order chi connectivity index (χ1) is 8.83. The molecule has 2 saturated heterocycles. The van der Waals surface area contributed by atoms with Crippen LogP contribution in [0, 0.1) is 0 Å². The van der Waals surface area contributed by atoms with Gasteiger partial charge in [-0.1, -0.05) is 0 Å². The molecule has 5 nitrogen and oxygen atoms in total. The molecule has 0 bridgehead atoms. The Bertz CT molecular complexity index is 266. The summed E-state index contributed by atoms with van der Waals surface area (Å²) in [6, 6.07) is 0.699. The standard InChI is InChI=1S/C13H26N4O/c14-6-2-7-16-13(18)12-3-1-10-17(12)11-4-8-15-9-5-11/h11-12,15H,1-10,14H2,(H,16,18). The monoisotopic (exact) mass is 254 g/mol. The molecule has 1 amide bonds. The Balaban J connectivity index is 1.84. The number of hydrogen-bond acceptors (Lipinski definition) is 4. The van der Waals surface area contributed by atoms with Crippen LogP contribution in [0.4, 0.5) is 0 Å². The Morgan fingerprint density at radius 3 is 2.83 bits per heavy atom. The van der Waals surface area contributed by atoms with E-state index in [-0.39, 0.29) is 11.9 Å². The van der Waals surface area contributed by atoms with Gasteiger partial charge in [0.15, 0.2) is 0 Å². The van der Waals surface area contributed by atoms with Gasteiger partial charge in [0.1, 0.15) is 0 Å². The highest BCUT2D eigenvalue weighted by atomic mass is 16.2. The molecular weight excluding hydrogens is 228 g/mol. The van der Waals surface area contributed by atoms with Crippen molar-refractivity contribution in [3.8, 4) is 0 Å². The van der Waals surface area contributed by atoms with Crippen molar-refractivity contribution in [3.05, 3.63) is 0 Å². The van der Waals surface area contributed by atoms with Gasteiger partial charge in [-0.25, -0.2) is 0 Å². The minimum atomic E-state index is 0.103. The summed E-state index contributed by atoms with van der Waals surface area (Å²) < 4.78 is 0. The molecule has 2 aliphatic rings. The van der Waals surface area contributed by atoms with Crippen LogP contribution in [0.2, 0.25) is 0 Å². The number of rotatable bonds is 5. The summed E-state index contributed by atoms with van der Waals surface area (Å²) in [5.74, 6) is 0.208. The third-order valence-electron chi connectivity index (χ3n) is 4.05. The van der Waals surface area contributed by atoms with E-state index in [9.17, 15) is 4.79 Å². The predicted molar refractivity (Wildman–Crippen MR) is 72.3 cm³/mol. The van der Waals surface area contributed by atoms with Gasteiger partial charge in [-0.05, 0) is 58.3 Å². The van der Waals surface area contributed by atoms with Crippen molar-refractivity contribution < 1.29 is 4.79 Å². The van der Waals surface area contributed by atoms with Gasteiger partial charge in [0.2, 0.25) is 5.91 Å². The molecule has 1 unspecified atom stereocenters. The number of carbonyl (C=O) groups is 1. The summed E-state index contributed by atoms with van der Waals surface area (Å²) in [4.78, 5) is 14.6. The molecule has 0 saturated carbocycles. The molecule has 104 valence electrons. The van der Waals surface area contributed by atoms with Crippen molar-refractivity contribution in [3.63, 3.8) is 0 Å². The fourth-order valence-corrected chi connectivity index (χ4v) is 3.08. The van der Waals surface area contributed by atoms with Gasteiger partial charge in [0.05, 0.1) is 6.04 Å². The normalized spacial score (nSPS) is 26.4. The molecule has 2 fully saturated rings. The Labute approximate surface area is 109 Å². The molecular formula is C13H26N4O. The summed E-state index contributed by atoms with van der Waals surface area (Å²) in [6.07, 6.45) is 5.38. The van der Waals surface area contributed by atoms with Crippen LogP contribution in [0.1, 0.15) is 32.1 Å². The molecule has 0 aliphatic carbocycles. The zero-order valence-electron chi connectivity index (χ0n) is 11.2. The van der Waals surface area contributed by atoms with E-state index in [1.807, 2.05) is 0 Å². The second kappa shape index (κ2) is 7.07. The molecule has 2 rings (SSSR count). The largest absolute Gasteiger partial charge is 0.355 e. The fourth-order valence-electron chi connectivity index (χ4n) is 3.08. The maximum Gasteiger partial charge on any atom is 0.237 e. The highest BCUT2D eigenvalue weighted by molar-refractivity contribution is 5.82. The first-order valence-corrected chi connectivity index (χ1v) is 7.27. The zero-order chi connectivity index (χ0) is 12.8. The van der Waals surface area contributed by atoms with Crippen LogP contribution in [-0.4, -0.2) is 55.6 Å². The van der Waals surface area contributed by atoms with E-state index in [4.69, 9.17) is 5.73 Å². The summed E-state index contributed by atoms with van der Waals surface area (Å²) in [5, 5.41) is 6.40. The minimum absolute atomic E-state index is 0.103. The van der Waals surface area contributed by atoms with Crippen molar-refractivity contribution in [2.45, 2.75) is 44.2 Å². The summed E-state index contributed by atoms with van der Waals surface area (Å²) in [7, 11) is 0. The number of nitrogens with one attached hydrogen (secondary N) is 2. The second-order valence-corrected chi connectivity index (χ2v) is 5.31. The van der Waals surface area contributed by atoms with Crippen LogP contribution >= 0.6 is 0 Å². The lowest BCUT2D eigenvalue weighted by Gasteiger charge is -2.35. The van der Waals surface area contributed by atoms with Gasteiger partial charge in [-0.3, -0.25) is 9.69 Å². The third kappa shape index (κ3) is 3.43. The van der Waals surface area contributed by atoms with Crippen LogP contribution < -0.4 is 16.4 Å². The molecule has 0 spiro atoms. The molecule has 2 heterocycles. The van der Waals surface area contributed by atoms with Gasteiger partial charge >= 0.3 is 0 Å². The summed E-state index contributed by atoms with van der Waals surface area (Å²) in [5.41, 5.74) is 5.44. The smallest absolute Gasteiger partial charge is 0.237 e. The Kier molecular flexibility index (Phi) is 5.41. The number of likely N-dealkylation sites (tertiary alicyclic amines) is 1. The van der Waals surface area contributed by atoms with E-state index in [2.05, 4.69) is 15.5 Å². The first-order valence-electron chi connectivity index (χ1n) is 7.27. The van der Waals surface area contributed by atoms with Crippen LogP contribution in [0.3, 0.4) is 0 Å². The van der Waals surface area contributed by atoms with E-state index in [0.717, 1.165) is 38.9 Å². The molecule has 0 radical (unpaired) electrons. The first kappa shape index (κ1) is 13.8. The van der Waals surface area contributed by atoms with Gasteiger partial charge < -0.3 is 16.4 Å². The average Bonchev–Trinajstić information content (AvgIpc) is 2.89. The SMILES string of the molecule is NCCCNC(=O)C1CCCN1C1CCNCC1. The predicted octanol–water partition coefficient (Wildman–Crippen LogP) is -0.332. The van der Waals surface area contributed by atoms with Crippen LogP contribution in [0.15, 0.2) is 0 Å². The second-order valence-electron chi connectivity index (χ2n) is 5.31. The summed E-state index contributed by atoms with van der Waals surface area (Å²) in [6.45, 7) is 4.61. The summed E-state index contributed by atoms with van der Waals surface area (Å²) >= 11 is 0. The van der Waals surface area contributed by atoms with Gasteiger partial charge in [-0.15, -0.1) is 0 Å². The minimum Gasteiger partial charge on any atom is -0.355 e. The fraction of sp³-hybridized carbons (Fsp3) is 0.923. The highest BCUT2D eigenvalue weighted by Crippen LogP contribution is 2.24. The van der Waals surface area contributed by atoms with Gasteiger partial charge in [-0.2, -0.15) is 0 Å². The van der Waals surface area contributed by atoms with E-state index in [0.29, 0.717) is 19.1 Å². The number of amides is 1. The number of nitrogens with two attached hydrogens (primary N) is 1. The molecule has 0 aromatic heterocycles. The van der Waals surface area contributed by atoms with Crippen LogP contribution in [-0.2, 0) is 4.79 Å². The third-order valence-corrected chi connectivity index (χ3v) is 4.05. The lowest BCUT2D eigenvalue weighted by atomic mass is 10.0. The average molecular weight is 254 g/mol. The Morgan fingerprint density at radius 1 is 1.33 bits per heavy atom. The maximum absolute atomic E-state index is 12.2. The van der Waals surface area contributed by atoms with Crippen molar-refractivity contribution in [2.24, 2.45) is 5.73 Å². The molecule has 0 aromatic carbocycles. The topological polar surface area (TPSA) is 70.4 Å². The maximum atomic E-state index is 12.2. The lowest BCUT2D eigenvalue weighted by molar-refractivity contribution is -0.126. The number of piperidine rings is 1. The quantitative estimate of drug-likeness (QED) is 0.588. The Morgan fingerprint density at radius 2 is 2.11 bits per heavy atom. The number of carbonyl (C=O) groups excluding carboxylic acids is 1. The number of hydrogen-bond donors (Lipinski definition) is 3.